The van der Waals surface area contributed by atoms with Crippen LogP contribution in [0.25, 0.3) is 0 Å². The van der Waals surface area contributed by atoms with Crippen LogP contribution < -0.4 is 10.1 Å². The molecule has 0 fully saturated rings. The standard InChI is InChI=1S/C18H19NO3/c1-13-7-6-10-16(11-13)22-17(20)12-14(2)19-18(21)15-8-4-3-5-9-15/h3-11,14H,12H2,1-2H3,(H,19,21). The largest absolute Gasteiger partial charge is 0.426 e. The lowest BCUT2D eigenvalue weighted by molar-refractivity contribution is -0.134. The number of esters is 1. The van der Waals surface area contributed by atoms with Gasteiger partial charge in [0.2, 0.25) is 0 Å². The number of ether oxygens (including phenoxy) is 1. The first kappa shape index (κ1) is 15.8. The van der Waals surface area contributed by atoms with E-state index in [-0.39, 0.29) is 24.3 Å². The summed E-state index contributed by atoms with van der Waals surface area (Å²) in [4.78, 5) is 23.9. The van der Waals surface area contributed by atoms with E-state index in [0.29, 0.717) is 11.3 Å². The Morgan fingerprint density at radius 1 is 1.09 bits per heavy atom. The van der Waals surface area contributed by atoms with Gasteiger partial charge in [0.05, 0.1) is 6.42 Å². The minimum Gasteiger partial charge on any atom is -0.426 e. The maximum absolute atomic E-state index is 12.0. The number of hydrogen-bond acceptors (Lipinski definition) is 3. The molecule has 0 spiro atoms. The summed E-state index contributed by atoms with van der Waals surface area (Å²) in [6.07, 6.45) is 0.118. The summed E-state index contributed by atoms with van der Waals surface area (Å²) in [6.45, 7) is 3.71. The summed E-state index contributed by atoms with van der Waals surface area (Å²) < 4.78 is 5.26. The van der Waals surface area contributed by atoms with Gasteiger partial charge in [-0.3, -0.25) is 9.59 Å². The quantitative estimate of drug-likeness (QED) is 0.681. The van der Waals surface area contributed by atoms with Crippen molar-refractivity contribution in [3.05, 3.63) is 65.7 Å². The average Bonchev–Trinajstić information content (AvgIpc) is 2.47. The van der Waals surface area contributed by atoms with E-state index in [1.165, 1.54) is 0 Å². The number of aryl methyl sites for hydroxylation is 1. The molecule has 1 amide bonds. The predicted octanol–water partition coefficient (Wildman–Crippen LogP) is 3.11. The third-order valence-electron chi connectivity index (χ3n) is 3.11. The minimum atomic E-state index is -0.369. The second-order valence-electron chi connectivity index (χ2n) is 5.24. The third-order valence-corrected chi connectivity index (χ3v) is 3.11. The van der Waals surface area contributed by atoms with Crippen LogP contribution in [0.5, 0.6) is 5.75 Å². The van der Waals surface area contributed by atoms with Gasteiger partial charge in [0.25, 0.3) is 5.91 Å². The summed E-state index contributed by atoms with van der Waals surface area (Å²) >= 11 is 0. The maximum atomic E-state index is 12.0. The Labute approximate surface area is 130 Å². The molecule has 0 aliphatic rings. The van der Waals surface area contributed by atoms with Crippen molar-refractivity contribution >= 4 is 11.9 Å². The molecular formula is C18H19NO3. The van der Waals surface area contributed by atoms with Crippen molar-refractivity contribution in [3.8, 4) is 5.75 Å². The molecule has 0 saturated carbocycles. The molecule has 22 heavy (non-hydrogen) atoms. The summed E-state index contributed by atoms with van der Waals surface area (Å²) in [6, 6.07) is 15.9. The molecule has 2 aromatic carbocycles. The molecule has 0 saturated heterocycles. The molecule has 2 rings (SSSR count). The van der Waals surface area contributed by atoms with Crippen molar-refractivity contribution < 1.29 is 14.3 Å². The summed E-state index contributed by atoms with van der Waals surface area (Å²) in [5, 5.41) is 2.78. The lowest BCUT2D eigenvalue weighted by Crippen LogP contribution is -2.35. The van der Waals surface area contributed by atoms with Crippen LogP contribution in [-0.4, -0.2) is 17.9 Å². The minimum absolute atomic E-state index is 0.118. The highest BCUT2D eigenvalue weighted by Gasteiger charge is 2.14. The lowest BCUT2D eigenvalue weighted by Gasteiger charge is -2.13. The van der Waals surface area contributed by atoms with Gasteiger partial charge in [0, 0.05) is 11.6 Å². The smallest absolute Gasteiger partial charge is 0.313 e. The van der Waals surface area contributed by atoms with Gasteiger partial charge in [0.15, 0.2) is 0 Å². The Bertz CT molecular complexity index is 652. The van der Waals surface area contributed by atoms with Crippen molar-refractivity contribution in [2.45, 2.75) is 26.3 Å². The highest BCUT2D eigenvalue weighted by Crippen LogP contribution is 2.13. The maximum Gasteiger partial charge on any atom is 0.313 e. The summed E-state index contributed by atoms with van der Waals surface area (Å²) in [5.41, 5.74) is 1.59. The fraction of sp³-hybridized carbons (Fsp3) is 0.222. The molecule has 0 aliphatic carbocycles. The third kappa shape index (κ3) is 4.74. The first-order chi connectivity index (χ1) is 10.5. The van der Waals surface area contributed by atoms with Crippen molar-refractivity contribution in [1.82, 2.24) is 5.32 Å². The number of rotatable bonds is 5. The van der Waals surface area contributed by atoms with Gasteiger partial charge in [-0.2, -0.15) is 0 Å². The second kappa shape index (κ2) is 7.41. The second-order valence-corrected chi connectivity index (χ2v) is 5.24. The molecule has 2 aromatic rings. The zero-order chi connectivity index (χ0) is 15.9. The molecule has 1 unspecified atom stereocenters. The zero-order valence-corrected chi connectivity index (χ0v) is 12.7. The molecule has 1 atom stereocenters. The van der Waals surface area contributed by atoms with Gasteiger partial charge in [-0.1, -0.05) is 30.3 Å². The fourth-order valence-corrected chi connectivity index (χ4v) is 2.05. The molecule has 0 bridgehead atoms. The first-order valence-corrected chi connectivity index (χ1v) is 7.18. The van der Waals surface area contributed by atoms with Crippen LogP contribution in [0.15, 0.2) is 54.6 Å². The van der Waals surface area contributed by atoms with Gasteiger partial charge in [0.1, 0.15) is 5.75 Å². The SMILES string of the molecule is Cc1cccc(OC(=O)CC(C)NC(=O)c2ccccc2)c1. The Balaban J connectivity index is 1.85. The normalized spacial score (nSPS) is 11.5. The number of benzene rings is 2. The first-order valence-electron chi connectivity index (χ1n) is 7.18. The fourth-order valence-electron chi connectivity index (χ4n) is 2.05. The number of carbonyl (C=O) groups is 2. The van der Waals surface area contributed by atoms with Crippen LogP contribution in [0.4, 0.5) is 0 Å². The summed E-state index contributed by atoms with van der Waals surface area (Å²) in [5.74, 6) is -0.0468. The Morgan fingerprint density at radius 2 is 1.82 bits per heavy atom. The van der Waals surface area contributed by atoms with E-state index in [9.17, 15) is 9.59 Å². The van der Waals surface area contributed by atoms with Crippen LogP contribution in [0.1, 0.15) is 29.3 Å². The lowest BCUT2D eigenvalue weighted by atomic mass is 10.2. The predicted molar refractivity (Wildman–Crippen MR) is 84.8 cm³/mol. The van der Waals surface area contributed by atoms with Gasteiger partial charge >= 0.3 is 5.97 Å². The van der Waals surface area contributed by atoms with Crippen molar-refractivity contribution in [3.63, 3.8) is 0 Å². The number of hydrogen-bond donors (Lipinski definition) is 1. The number of carbonyl (C=O) groups excluding carboxylic acids is 2. The molecule has 4 nitrogen and oxygen atoms in total. The highest BCUT2D eigenvalue weighted by molar-refractivity contribution is 5.94. The number of nitrogens with one attached hydrogen (secondary N) is 1. The molecule has 0 radical (unpaired) electrons. The molecule has 0 aromatic heterocycles. The van der Waals surface area contributed by atoms with Crippen molar-refractivity contribution in [2.24, 2.45) is 0 Å². The highest BCUT2D eigenvalue weighted by atomic mass is 16.5. The molecule has 0 heterocycles. The van der Waals surface area contributed by atoms with E-state index in [4.69, 9.17) is 4.74 Å². The molecular weight excluding hydrogens is 278 g/mol. The van der Waals surface area contributed by atoms with Crippen LogP contribution in [0.2, 0.25) is 0 Å². The van der Waals surface area contributed by atoms with E-state index in [1.54, 1.807) is 43.3 Å². The Hall–Kier alpha value is -2.62. The van der Waals surface area contributed by atoms with E-state index < -0.39 is 0 Å². The van der Waals surface area contributed by atoms with Gasteiger partial charge in [-0.05, 0) is 43.7 Å². The van der Waals surface area contributed by atoms with E-state index in [2.05, 4.69) is 5.32 Å². The van der Waals surface area contributed by atoms with Gasteiger partial charge in [-0.15, -0.1) is 0 Å². The summed E-state index contributed by atoms with van der Waals surface area (Å²) in [7, 11) is 0. The zero-order valence-electron chi connectivity index (χ0n) is 12.7. The van der Waals surface area contributed by atoms with Crippen LogP contribution >= 0.6 is 0 Å². The Kier molecular flexibility index (Phi) is 5.31. The van der Waals surface area contributed by atoms with Crippen LogP contribution in [0.3, 0.4) is 0 Å². The van der Waals surface area contributed by atoms with Gasteiger partial charge < -0.3 is 10.1 Å². The Morgan fingerprint density at radius 3 is 2.50 bits per heavy atom. The molecule has 114 valence electrons. The van der Waals surface area contributed by atoms with Crippen molar-refractivity contribution in [2.75, 3.05) is 0 Å². The number of amides is 1. The molecule has 1 N–H and O–H groups in total. The molecule has 0 aliphatic heterocycles. The molecule has 4 heteroatoms. The average molecular weight is 297 g/mol. The van der Waals surface area contributed by atoms with Crippen LogP contribution in [0, 0.1) is 6.92 Å². The van der Waals surface area contributed by atoms with E-state index in [0.717, 1.165) is 5.56 Å². The monoisotopic (exact) mass is 297 g/mol. The van der Waals surface area contributed by atoms with E-state index >= 15 is 0 Å². The topological polar surface area (TPSA) is 55.4 Å². The van der Waals surface area contributed by atoms with E-state index in [1.807, 2.05) is 25.1 Å². The van der Waals surface area contributed by atoms with Gasteiger partial charge in [-0.25, -0.2) is 0 Å². The van der Waals surface area contributed by atoms with Crippen LogP contribution in [-0.2, 0) is 4.79 Å². The van der Waals surface area contributed by atoms with Crippen molar-refractivity contribution in [1.29, 1.82) is 0 Å².